The van der Waals surface area contributed by atoms with E-state index in [0.29, 0.717) is 24.1 Å². The molecule has 2 aromatic rings. The van der Waals surface area contributed by atoms with Crippen molar-refractivity contribution >= 4 is 17.8 Å². The first-order valence-corrected chi connectivity index (χ1v) is 9.07. The molecule has 7 heteroatoms. The minimum absolute atomic E-state index is 0.107. The van der Waals surface area contributed by atoms with Crippen LogP contribution in [0.25, 0.3) is 0 Å². The van der Waals surface area contributed by atoms with Crippen molar-refractivity contribution < 1.29 is 23.9 Å². The van der Waals surface area contributed by atoms with Crippen LogP contribution in [-0.2, 0) is 16.1 Å². The standard InChI is InChI=1S/C21H21FN2O4/c22-17-9-7-15(8-10-17)18(21(27)28)12-23-20(26)16-5-3-14(4-6-16)13-24-11-1-2-19(24)25/h3-10,18H,1-2,11-13H2,(H,23,26)(H,27,28). The van der Waals surface area contributed by atoms with Gasteiger partial charge < -0.3 is 15.3 Å². The third kappa shape index (κ3) is 4.73. The Bertz CT molecular complexity index is 865. The molecule has 1 atom stereocenters. The summed E-state index contributed by atoms with van der Waals surface area (Å²) in [5.74, 6) is -2.77. The summed E-state index contributed by atoms with van der Waals surface area (Å²) in [7, 11) is 0. The van der Waals surface area contributed by atoms with Crippen LogP contribution in [0.1, 0.15) is 40.2 Å². The van der Waals surface area contributed by atoms with Crippen LogP contribution in [0.3, 0.4) is 0 Å². The first-order valence-electron chi connectivity index (χ1n) is 9.07. The molecule has 6 nitrogen and oxygen atoms in total. The number of hydrogen-bond acceptors (Lipinski definition) is 3. The normalized spacial score (nSPS) is 14.8. The Balaban J connectivity index is 1.59. The molecule has 1 unspecified atom stereocenters. The van der Waals surface area contributed by atoms with Crippen LogP contribution in [0, 0.1) is 5.82 Å². The summed E-state index contributed by atoms with van der Waals surface area (Å²) in [6.07, 6.45) is 1.46. The molecule has 1 aliphatic rings. The lowest BCUT2D eigenvalue weighted by atomic mass is 9.99. The van der Waals surface area contributed by atoms with Gasteiger partial charge in [-0.3, -0.25) is 14.4 Å². The van der Waals surface area contributed by atoms with Gasteiger partial charge in [0.15, 0.2) is 0 Å². The average Bonchev–Trinajstić information content (AvgIpc) is 3.08. The van der Waals surface area contributed by atoms with E-state index in [1.807, 2.05) is 0 Å². The number of rotatable bonds is 7. The summed E-state index contributed by atoms with van der Waals surface area (Å²) in [4.78, 5) is 37.3. The second-order valence-corrected chi connectivity index (χ2v) is 6.77. The minimum Gasteiger partial charge on any atom is -0.481 e. The Morgan fingerprint density at radius 1 is 1.11 bits per heavy atom. The first kappa shape index (κ1) is 19.5. The monoisotopic (exact) mass is 384 g/mol. The molecule has 0 spiro atoms. The van der Waals surface area contributed by atoms with E-state index >= 15 is 0 Å². The third-order valence-electron chi connectivity index (χ3n) is 4.80. The predicted molar refractivity (Wildman–Crippen MR) is 100 cm³/mol. The number of hydrogen-bond donors (Lipinski definition) is 2. The maximum atomic E-state index is 13.0. The van der Waals surface area contributed by atoms with Crippen LogP contribution in [0.2, 0.25) is 0 Å². The van der Waals surface area contributed by atoms with Gasteiger partial charge in [-0.15, -0.1) is 0 Å². The molecule has 1 heterocycles. The number of nitrogens with zero attached hydrogens (tertiary/aromatic N) is 1. The number of nitrogens with one attached hydrogen (secondary N) is 1. The second-order valence-electron chi connectivity index (χ2n) is 6.77. The van der Waals surface area contributed by atoms with E-state index in [-0.39, 0.29) is 12.5 Å². The number of carboxylic acids is 1. The molecule has 2 aromatic carbocycles. The van der Waals surface area contributed by atoms with Crippen LogP contribution in [0.4, 0.5) is 4.39 Å². The Hall–Kier alpha value is -3.22. The smallest absolute Gasteiger partial charge is 0.312 e. The van der Waals surface area contributed by atoms with E-state index in [1.165, 1.54) is 24.3 Å². The summed E-state index contributed by atoms with van der Waals surface area (Å²) in [5, 5.41) is 12.0. The van der Waals surface area contributed by atoms with Gasteiger partial charge in [0.25, 0.3) is 5.91 Å². The van der Waals surface area contributed by atoms with E-state index in [0.717, 1.165) is 18.5 Å². The van der Waals surface area contributed by atoms with Gasteiger partial charge in [-0.25, -0.2) is 4.39 Å². The topological polar surface area (TPSA) is 86.7 Å². The lowest BCUT2D eigenvalue weighted by molar-refractivity contribution is -0.138. The van der Waals surface area contributed by atoms with Crippen molar-refractivity contribution in [2.24, 2.45) is 0 Å². The zero-order chi connectivity index (χ0) is 20.1. The SMILES string of the molecule is O=C(NCC(C(=O)O)c1ccc(F)cc1)c1ccc(CN2CCCC2=O)cc1. The van der Waals surface area contributed by atoms with Crippen LogP contribution < -0.4 is 5.32 Å². The van der Waals surface area contributed by atoms with Gasteiger partial charge in [-0.1, -0.05) is 24.3 Å². The van der Waals surface area contributed by atoms with E-state index < -0.39 is 23.6 Å². The molecule has 2 amide bonds. The van der Waals surface area contributed by atoms with Gasteiger partial charge >= 0.3 is 5.97 Å². The fraction of sp³-hybridized carbons (Fsp3) is 0.286. The number of amides is 2. The Morgan fingerprint density at radius 3 is 2.36 bits per heavy atom. The van der Waals surface area contributed by atoms with Crippen molar-refractivity contribution in [3.05, 3.63) is 71.0 Å². The summed E-state index contributed by atoms with van der Waals surface area (Å²) >= 11 is 0. The molecular weight excluding hydrogens is 363 g/mol. The van der Waals surface area contributed by atoms with Crippen molar-refractivity contribution in [1.82, 2.24) is 10.2 Å². The quantitative estimate of drug-likeness (QED) is 0.768. The molecule has 2 N–H and O–H groups in total. The number of carbonyl (C=O) groups is 3. The summed E-state index contributed by atoms with van der Waals surface area (Å²) in [6.45, 7) is 1.16. The maximum Gasteiger partial charge on any atom is 0.312 e. The summed E-state index contributed by atoms with van der Waals surface area (Å²) < 4.78 is 13.0. The van der Waals surface area contributed by atoms with Crippen molar-refractivity contribution in [2.45, 2.75) is 25.3 Å². The molecule has 28 heavy (non-hydrogen) atoms. The molecule has 0 bridgehead atoms. The van der Waals surface area contributed by atoms with E-state index in [9.17, 15) is 23.9 Å². The zero-order valence-corrected chi connectivity index (χ0v) is 15.2. The maximum absolute atomic E-state index is 13.0. The van der Waals surface area contributed by atoms with Crippen molar-refractivity contribution in [3.63, 3.8) is 0 Å². The number of halogens is 1. The van der Waals surface area contributed by atoms with Gasteiger partial charge in [0.05, 0.1) is 5.92 Å². The predicted octanol–water partition coefficient (Wildman–Crippen LogP) is 2.55. The van der Waals surface area contributed by atoms with Gasteiger partial charge in [0, 0.05) is 31.6 Å². The molecule has 0 saturated carbocycles. The molecular formula is C21H21FN2O4. The number of aliphatic carboxylic acids is 1. The molecule has 3 rings (SSSR count). The zero-order valence-electron chi connectivity index (χ0n) is 15.2. The molecule has 1 fully saturated rings. The molecule has 1 aliphatic heterocycles. The lowest BCUT2D eigenvalue weighted by Crippen LogP contribution is -2.31. The van der Waals surface area contributed by atoms with Gasteiger partial charge in [0.2, 0.25) is 5.91 Å². The van der Waals surface area contributed by atoms with Crippen molar-refractivity contribution in [1.29, 1.82) is 0 Å². The summed E-state index contributed by atoms with van der Waals surface area (Å²) in [6, 6.07) is 12.1. The highest BCUT2D eigenvalue weighted by atomic mass is 19.1. The molecule has 0 radical (unpaired) electrons. The molecule has 1 saturated heterocycles. The van der Waals surface area contributed by atoms with Gasteiger partial charge in [0.1, 0.15) is 5.82 Å². The van der Waals surface area contributed by atoms with Crippen LogP contribution in [-0.4, -0.2) is 40.9 Å². The van der Waals surface area contributed by atoms with Crippen molar-refractivity contribution in [3.8, 4) is 0 Å². The molecule has 0 aliphatic carbocycles. The highest BCUT2D eigenvalue weighted by molar-refractivity contribution is 5.94. The number of benzene rings is 2. The largest absolute Gasteiger partial charge is 0.481 e. The van der Waals surface area contributed by atoms with Crippen LogP contribution >= 0.6 is 0 Å². The Morgan fingerprint density at radius 2 is 1.79 bits per heavy atom. The van der Waals surface area contributed by atoms with Crippen LogP contribution in [0.5, 0.6) is 0 Å². The Kier molecular flexibility index (Phi) is 6.03. The van der Waals surface area contributed by atoms with Crippen LogP contribution in [0.15, 0.2) is 48.5 Å². The van der Waals surface area contributed by atoms with Gasteiger partial charge in [-0.05, 0) is 41.8 Å². The average molecular weight is 384 g/mol. The van der Waals surface area contributed by atoms with Crippen molar-refractivity contribution in [2.75, 3.05) is 13.1 Å². The van der Waals surface area contributed by atoms with E-state index in [2.05, 4.69) is 5.32 Å². The molecule has 0 aromatic heterocycles. The fourth-order valence-corrected chi connectivity index (χ4v) is 3.19. The Labute approximate surface area is 162 Å². The number of carboxylic acid groups (broad SMARTS) is 1. The fourth-order valence-electron chi connectivity index (χ4n) is 3.19. The third-order valence-corrected chi connectivity index (χ3v) is 4.80. The number of carbonyl (C=O) groups excluding carboxylic acids is 2. The highest BCUT2D eigenvalue weighted by Gasteiger charge is 2.22. The second kappa shape index (κ2) is 8.65. The lowest BCUT2D eigenvalue weighted by Gasteiger charge is -2.16. The first-order chi connectivity index (χ1) is 13.4. The number of likely N-dealkylation sites (tertiary alicyclic amines) is 1. The van der Waals surface area contributed by atoms with E-state index in [1.54, 1.807) is 29.2 Å². The van der Waals surface area contributed by atoms with Gasteiger partial charge in [-0.2, -0.15) is 0 Å². The highest BCUT2D eigenvalue weighted by Crippen LogP contribution is 2.17. The minimum atomic E-state index is -1.10. The van der Waals surface area contributed by atoms with E-state index in [4.69, 9.17) is 0 Å². The molecule has 146 valence electrons. The summed E-state index contributed by atoms with van der Waals surface area (Å²) in [5.41, 5.74) is 1.75.